The minimum Gasteiger partial charge on any atom is -0.494 e. The van der Waals surface area contributed by atoms with Gasteiger partial charge in [-0.15, -0.1) is 0 Å². The van der Waals surface area contributed by atoms with E-state index in [-0.39, 0.29) is 18.4 Å². The average molecular weight is 418 g/mol. The fraction of sp³-hybridized carbons (Fsp3) is 0.200. The third-order valence-corrected chi connectivity index (χ3v) is 4.69. The summed E-state index contributed by atoms with van der Waals surface area (Å²) in [5.74, 6) is 0.472. The molecule has 0 aliphatic carbocycles. The van der Waals surface area contributed by atoms with E-state index in [1.54, 1.807) is 31.3 Å². The fourth-order valence-electron chi connectivity index (χ4n) is 3.02. The van der Waals surface area contributed by atoms with Gasteiger partial charge < -0.3 is 20.7 Å². The summed E-state index contributed by atoms with van der Waals surface area (Å²) in [4.78, 5) is 23.7. The van der Waals surface area contributed by atoms with Crippen molar-refractivity contribution in [1.82, 2.24) is 5.32 Å². The number of hydrogen-bond donors (Lipinski definition) is 3. The van der Waals surface area contributed by atoms with Gasteiger partial charge in [0.25, 0.3) is 5.91 Å². The maximum absolute atomic E-state index is 12.2. The van der Waals surface area contributed by atoms with Crippen LogP contribution in [0.3, 0.4) is 0 Å². The first-order valence-electron chi connectivity index (χ1n) is 10.3. The quantitative estimate of drug-likeness (QED) is 0.434. The molecule has 0 aliphatic rings. The van der Waals surface area contributed by atoms with Crippen molar-refractivity contribution >= 4 is 23.2 Å². The van der Waals surface area contributed by atoms with E-state index in [1.807, 2.05) is 42.5 Å². The lowest BCUT2D eigenvalue weighted by Gasteiger charge is -2.10. The molecule has 0 atom stereocenters. The summed E-state index contributed by atoms with van der Waals surface area (Å²) < 4.78 is 5.77. The zero-order chi connectivity index (χ0) is 21.9. The van der Waals surface area contributed by atoms with Gasteiger partial charge in [0, 0.05) is 24.0 Å². The Kier molecular flexibility index (Phi) is 8.05. The summed E-state index contributed by atoms with van der Waals surface area (Å²) >= 11 is 0. The molecule has 0 saturated heterocycles. The first-order chi connectivity index (χ1) is 15.1. The van der Waals surface area contributed by atoms with E-state index in [9.17, 15) is 9.59 Å². The molecule has 3 rings (SSSR count). The highest BCUT2D eigenvalue weighted by atomic mass is 16.5. The second-order valence-corrected chi connectivity index (χ2v) is 7.02. The summed E-state index contributed by atoms with van der Waals surface area (Å²) in [5.41, 5.74) is 3.35. The second-order valence-electron chi connectivity index (χ2n) is 7.02. The summed E-state index contributed by atoms with van der Waals surface area (Å²) in [6, 6.07) is 24.6. The van der Waals surface area contributed by atoms with Gasteiger partial charge >= 0.3 is 0 Å². The highest BCUT2D eigenvalue weighted by Gasteiger charge is 2.05. The molecule has 3 N–H and O–H groups in total. The SMILES string of the molecule is CNC(=O)c1ccc(NCC(=O)Nc2ccc(OCCCc3ccccc3)cc2)cc1. The van der Waals surface area contributed by atoms with E-state index < -0.39 is 0 Å². The predicted molar refractivity (Wildman–Crippen MR) is 124 cm³/mol. The van der Waals surface area contributed by atoms with Crippen molar-refractivity contribution < 1.29 is 14.3 Å². The van der Waals surface area contributed by atoms with E-state index in [0.717, 1.165) is 24.3 Å². The Hall–Kier alpha value is -3.80. The van der Waals surface area contributed by atoms with Gasteiger partial charge in [-0.2, -0.15) is 0 Å². The third-order valence-electron chi connectivity index (χ3n) is 4.69. The molecular weight excluding hydrogens is 390 g/mol. The number of ether oxygens (including phenoxy) is 1. The molecule has 6 nitrogen and oxygen atoms in total. The Morgan fingerprint density at radius 1 is 0.839 bits per heavy atom. The van der Waals surface area contributed by atoms with Crippen LogP contribution in [-0.2, 0) is 11.2 Å². The lowest BCUT2D eigenvalue weighted by molar-refractivity contribution is -0.114. The van der Waals surface area contributed by atoms with Crippen molar-refractivity contribution in [3.05, 3.63) is 90.0 Å². The molecule has 6 heteroatoms. The van der Waals surface area contributed by atoms with Crippen molar-refractivity contribution in [3.63, 3.8) is 0 Å². The number of nitrogens with one attached hydrogen (secondary N) is 3. The van der Waals surface area contributed by atoms with Crippen molar-refractivity contribution in [2.24, 2.45) is 0 Å². The Bertz CT molecular complexity index is 971. The lowest BCUT2D eigenvalue weighted by Crippen LogP contribution is -2.22. The summed E-state index contributed by atoms with van der Waals surface area (Å²) in [7, 11) is 1.59. The lowest BCUT2D eigenvalue weighted by atomic mass is 10.1. The van der Waals surface area contributed by atoms with Gasteiger partial charge in [-0.1, -0.05) is 30.3 Å². The maximum Gasteiger partial charge on any atom is 0.251 e. The van der Waals surface area contributed by atoms with Gasteiger partial charge in [0.15, 0.2) is 0 Å². The number of carbonyl (C=O) groups is 2. The molecular formula is C25H27N3O3. The van der Waals surface area contributed by atoms with Crippen LogP contribution in [0, 0.1) is 0 Å². The minimum absolute atomic E-state index is 0.122. The van der Waals surface area contributed by atoms with E-state index >= 15 is 0 Å². The largest absolute Gasteiger partial charge is 0.494 e. The summed E-state index contributed by atoms with van der Waals surface area (Å²) in [6.07, 6.45) is 1.93. The second kappa shape index (κ2) is 11.4. The van der Waals surface area contributed by atoms with E-state index in [0.29, 0.717) is 17.9 Å². The molecule has 0 unspecified atom stereocenters. The average Bonchev–Trinajstić information content (AvgIpc) is 2.82. The Morgan fingerprint density at radius 3 is 2.19 bits per heavy atom. The van der Waals surface area contributed by atoms with Crippen LogP contribution in [0.5, 0.6) is 5.75 Å². The zero-order valence-corrected chi connectivity index (χ0v) is 17.6. The van der Waals surface area contributed by atoms with Gasteiger partial charge in [0.2, 0.25) is 5.91 Å². The first kappa shape index (κ1) is 21.9. The standard InChI is InChI=1S/C25H27N3O3/c1-26-25(30)20-9-11-21(12-10-20)27-18-24(29)28-22-13-15-23(16-14-22)31-17-5-8-19-6-3-2-4-7-19/h2-4,6-7,9-16,27H,5,8,17-18H2,1H3,(H,26,30)(H,28,29). The molecule has 3 aromatic rings. The molecule has 0 fully saturated rings. The van der Waals surface area contributed by atoms with Crippen LogP contribution in [0.25, 0.3) is 0 Å². The molecule has 0 aliphatic heterocycles. The van der Waals surface area contributed by atoms with Gasteiger partial charge in [-0.3, -0.25) is 9.59 Å². The Morgan fingerprint density at radius 2 is 1.52 bits per heavy atom. The van der Waals surface area contributed by atoms with Crippen LogP contribution in [0.2, 0.25) is 0 Å². The molecule has 3 aromatic carbocycles. The highest BCUT2D eigenvalue weighted by molar-refractivity contribution is 5.95. The van der Waals surface area contributed by atoms with Crippen LogP contribution in [0.4, 0.5) is 11.4 Å². The number of aryl methyl sites for hydroxylation is 1. The van der Waals surface area contributed by atoms with Crippen LogP contribution < -0.4 is 20.7 Å². The topological polar surface area (TPSA) is 79.5 Å². The van der Waals surface area contributed by atoms with E-state index in [2.05, 4.69) is 28.1 Å². The monoisotopic (exact) mass is 417 g/mol. The number of carbonyl (C=O) groups excluding carboxylic acids is 2. The molecule has 0 bridgehead atoms. The molecule has 160 valence electrons. The first-order valence-corrected chi connectivity index (χ1v) is 10.3. The van der Waals surface area contributed by atoms with Crippen LogP contribution >= 0.6 is 0 Å². The molecule has 0 spiro atoms. The van der Waals surface area contributed by atoms with Crippen molar-refractivity contribution in [3.8, 4) is 5.75 Å². The Labute approximate surface area is 182 Å². The van der Waals surface area contributed by atoms with Gasteiger partial charge in [-0.05, 0) is 66.9 Å². The van der Waals surface area contributed by atoms with E-state index in [1.165, 1.54) is 5.56 Å². The molecule has 0 radical (unpaired) electrons. The van der Waals surface area contributed by atoms with Crippen LogP contribution in [0.1, 0.15) is 22.3 Å². The normalized spacial score (nSPS) is 10.2. The zero-order valence-electron chi connectivity index (χ0n) is 17.6. The summed E-state index contributed by atoms with van der Waals surface area (Å²) in [6.45, 7) is 0.764. The van der Waals surface area contributed by atoms with Crippen LogP contribution in [-0.4, -0.2) is 32.0 Å². The Balaban J connectivity index is 1.37. The fourth-order valence-corrected chi connectivity index (χ4v) is 3.02. The van der Waals surface area contributed by atoms with Gasteiger partial charge in [0.1, 0.15) is 5.75 Å². The van der Waals surface area contributed by atoms with Crippen molar-refractivity contribution in [2.75, 3.05) is 30.8 Å². The molecule has 0 heterocycles. The molecule has 31 heavy (non-hydrogen) atoms. The van der Waals surface area contributed by atoms with Gasteiger partial charge in [0.05, 0.1) is 13.2 Å². The smallest absolute Gasteiger partial charge is 0.251 e. The number of anilines is 2. The van der Waals surface area contributed by atoms with Crippen molar-refractivity contribution in [1.29, 1.82) is 0 Å². The highest BCUT2D eigenvalue weighted by Crippen LogP contribution is 2.16. The molecule has 0 saturated carbocycles. The van der Waals surface area contributed by atoms with Crippen molar-refractivity contribution in [2.45, 2.75) is 12.8 Å². The maximum atomic E-state index is 12.2. The molecule has 2 amide bonds. The summed E-state index contributed by atoms with van der Waals surface area (Å²) in [5, 5.41) is 8.46. The number of amides is 2. The minimum atomic E-state index is -0.160. The van der Waals surface area contributed by atoms with Crippen LogP contribution in [0.15, 0.2) is 78.9 Å². The van der Waals surface area contributed by atoms with E-state index in [4.69, 9.17) is 4.74 Å². The number of hydrogen-bond acceptors (Lipinski definition) is 4. The predicted octanol–water partition coefficient (Wildman–Crippen LogP) is 4.11. The third kappa shape index (κ3) is 7.19. The number of rotatable bonds is 10. The van der Waals surface area contributed by atoms with Gasteiger partial charge in [-0.25, -0.2) is 0 Å². The molecule has 0 aromatic heterocycles. The number of benzene rings is 3.